The van der Waals surface area contributed by atoms with Crippen molar-refractivity contribution in [2.75, 3.05) is 20.8 Å². The molecule has 0 N–H and O–H groups in total. The Balaban J connectivity index is 2.82. The average Bonchev–Trinajstić information content (AvgIpc) is 3.00. The number of hydrogen-bond acceptors (Lipinski definition) is 5. The van der Waals surface area contributed by atoms with Crippen LogP contribution in [0.5, 0.6) is 0 Å². The molecule has 1 heterocycles. The third-order valence-corrected chi connectivity index (χ3v) is 2.05. The quantitative estimate of drug-likeness (QED) is 0.138. The van der Waals surface area contributed by atoms with E-state index in [-0.39, 0.29) is 6.61 Å². The van der Waals surface area contributed by atoms with Gasteiger partial charge in [0, 0.05) is 14.2 Å². The monoisotopic (exact) mass is 214 g/mol. The van der Waals surface area contributed by atoms with Crippen LogP contribution in [0.4, 0.5) is 0 Å². The van der Waals surface area contributed by atoms with Crippen LogP contribution in [0.15, 0.2) is 0 Å². The average molecular weight is 214 g/mol. The maximum atomic E-state index is 11.7. The number of methoxy groups -OCH3 is 2. The molecule has 7 nitrogen and oxygen atoms in total. The fourth-order valence-electron chi connectivity index (χ4n) is 1.14. The van der Waals surface area contributed by atoms with Crippen molar-refractivity contribution in [3.8, 4) is 0 Å². The number of ether oxygens (including phenoxy) is 3. The molecule has 15 heavy (non-hydrogen) atoms. The molecule has 1 aliphatic heterocycles. The summed E-state index contributed by atoms with van der Waals surface area (Å²) in [6.07, 6.45) is -0.545. The van der Waals surface area contributed by atoms with Gasteiger partial charge in [0.2, 0.25) is 17.7 Å². The van der Waals surface area contributed by atoms with Gasteiger partial charge in [0.05, 0.1) is 6.61 Å². The van der Waals surface area contributed by atoms with Gasteiger partial charge >= 0.3 is 6.21 Å². The molecular formula is C8H10N2O5. The van der Waals surface area contributed by atoms with Crippen molar-refractivity contribution in [1.29, 1.82) is 0 Å². The molecule has 0 aromatic carbocycles. The molecule has 0 amide bonds. The standard InChI is InChI=1S/C8H10N2O5/c1-13-7(14-2)6(12)8(4-15-8)5(11)3-10-9/h3,7H,4H2,1-2H3/t8-/m0/s1. The van der Waals surface area contributed by atoms with Crippen LogP contribution in [0.2, 0.25) is 0 Å². The van der Waals surface area contributed by atoms with E-state index in [0.29, 0.717) is 6.21 Å². The van der Waals surface area contributed by atoms with Crippen LogP contribution in [0.3, 0.4) is 0 Å². The highest BCUT2D eigenvalue weighted by Gasteiger charge is 2.61. The molecule has 0 aliphatic carbocycles. The van der Waals surface area contributed by atoms with Crippen molar-refractivity contribution in [1.82, 2.24) is 0 Å². The van der Waals surface area contributed by atoms with E-state index < -0.39 is 23.5 Å². The molecule has 0 saturated carbocycles. The maximum absolute atomic E-state index is 11.7. The second-order valence-electron chi connectivity index (χ2n) is 2.89. The number of epoxide rings is 1. The van der Waals surface area contributed by atoms with Crippen molar-refractivity contribution < 1.29 is 28.6 Å². The van der Waals surface area contributed by atoms with Gasteiger partial charge in [-0.1, -0.05) is 0 Å². The van der Waals surface area contributed by atoms with Crippen molar-refractivity contribution in [3.63, 3.8) is 0 Å². The van der Waals surface area contributed by atoms with Crippen molar-refractivity contribution in [2.45, 2.75) is 11.9 Å². The van der Waals surface area contributed by atoms with E-state index in [0.717, 1.165) is 0 Å². The highest BCUT2D eigenvalue weighted by atomic mass is 16.7. The maximum Gasteiger partial charge on any atom is 0.326 e. The predicted octanol–water partition coefficient (Wildman–Crippen LogP) is -1.19. The second kappa shape index (κ2) is 4.41. The van der Waals surface area contributed by atoms with Crippen LogP contribution in [-0.4, -0.2) is 55.3 Å². The van der Waals surface area contributed by atoms with Crippen LogP contribution >= 0.6 is 0 Å². The summed E-state index contributed by atoms with van der Waals surface area (Å²) in [7, 11) is 2.54. The lowest BCUT2D eigenvalue weighted by molar-refractivity contribution is -0.163. The van der Waals surface area contributed by atoms with E-state index >= 15 is 0 Å². The first-order valence-electron chi connectivity index (χ1n) is 4.08. The van der Waals surface area contributed by atoms with Crippen LogP contribution < -0.4 is 0 Å². The molecule has 0 unspecified atom stereocenters. The lowest BCUT2D eigenvalue weighted by Crippen LogP contribution is -2.43. The third kappa shape index (κ3) is 2.00. The molecular weight excluding hydrogens is 204 g/mol. The molecule has 1 fully saturated rings. The van der Waals surface area contributed by atoms with Crippen LogP contribution in [0.1, 0.15) is 0 Å². The summed E-state index contributed by atoms with van der Waals surface area (Å²) >= 11 is 0. The zero-order valence-corrected chi connectivity index (χ0v) is 8.30. The smallest absolute Gasteiger partial charge is 0.326 e. The van der Waals surface area contributed by atoms with E-state index in [1.54, 1.807) is 0 Å². The Morgan fingerprint density at radius 3 is 2.40 bits per heavy atom. The first-order chi connectivity index (χ1) is 7.12. The number of rotatable bonds is 6. The topological polar surface area (TPSA) is 102 Å². The molecule has 0 spiro atoms. The Morgan fingerprint density at radius 2 is 2.07 bits per heavy atom. The summed E-state index contributed by atoms with van der Waals surface area (Å²) in [5, 5.41) is 0. The molecule has 7 heteroatoms. The second-order valence-corrected chi connectivity index (χ2v) is 2.89. The number of carbonyl (C=O) groups excluding carboxylic acids is 2. The van der Waals surface area contributed by atoms with Gasteiger partial charge in [0.25, 0.3) is 5.78 Å². The SMILES string of the molecule is COC(OC)C(=O)[C@@]1(C(=O)C=[N+]=[N-])CO1. The Kier molecular flexibility index (Phi) is 3.43. The zero-order valence-electron chi connectivity index (χ0n) is 8.30. The molecule has 1 rings (SSSR count). The minimum absolute atomic E-state index is 0.0556. The number of carbonyl (C=O) groups is 2. The number of Topliss-reactive ketones (excluding diaryl/α,β-unsaturated/α-hetero) is 2. The van der Waals surface area contributed by atoms with Gasteiger partial charge in [-0.25, -0.2) is 0 Å². The van der Waals surface area contributed by atoms with E-state index in [9.17, 15) is 9.59 Å². The van der Waals surface area contributed by atoms with Gasteiger partial charge in [-0.2, -0.15) is 4.79 Å². The van der Waals surface area contributed by atoms with Crippen LogP contribution in [-0.2, 0) is 23.8 Å². The number of nitrogens with zero attached hydrogens (tertiary/aromatic N) is 2. The predicted molar refractivity (Wildman–Crippen MR) is 46.2 cm³/mol. The summed E-state index contributed by atoms with van der Waals surface area (Å²) < 4.78 is 14.2. The molecule has 0 radical (unpaired) electrons. The normalized spacial score (nSPS) is 23.4. The van der Waals surface area contributed by atoms with Gasteiger partial charge in [0.15, 0.2) is 0 Å². The minimum atomic E-state index is -1.59. The summed E-state index contributed by atoms with van der Waals surface area (Å²) in [6, 6.07) is 0. The van der Waals surface area contributed by atoms with Gasteiger partial charge in [-0.05, 0) is 0 Å². The van der Waals surface area contributed by atoms with Gasteiger partial charge < -0.3 is 19.7 Å². The van der Waals surface area contributed by atoms with E-state index in [4.69, 9.17) is 19.7 Å². The zero-order chi connectivity index (χ0) is 11.5. The van der Waals surface area contributed by atoms with Crippen molar-refractivity contribution in [3.05, 3.63) is 5.53 Å². The Morgan fingerprint density at radius 1 is 1.53 bits per heavy atom. The fourth-order valence-corrected chi connectivity index (χ4v) is 1.14. The number of hydrogen-bond donors (Lipinski definition) is 0. The van der Waals surface area contributed by atoms with Crippen LogP contribution in [0, 0.1) is 0 Å². The first-order valence-corrected chi connectivity index (χ1v) is 4.08. The Bertz CT molecular complexity index is 326. The van der Waals surface area contributed by atoms with Crippen LogP contribution in [0.25, 0.3) is 5.53 Å². The van der Waals surface area contributed by atoms with Gasteiger partial charge in [-0.3, -0.25) is 9.59 Å². The van der Waals surface area contributed by atoms with Gasteiger partial charge in [0.1, 0.15) is 0 Å². The Hall–Kier alpha value is -1.40. The molecule has 0 aromatic rings. The van der Waals surface area contributed by atoms with E-state index in [1.165, 1.54) is 14.2 Å². The fraction of sp³-hybridized carbons (Fsp3) is 0.625. The minimum Gasteiger partial charge on any atom is -0.361 e. The molecule has 82 valence electrons. The van der Waals surface area contributed by atoms with E-state index in [2.05, 4.69) is 4.79 Å². The lowest BCUT2D eigenvalue weighted by Gasteiger charge is -2.13. The molecule has 0 aromatic heterocycles. The number of ketones is 2. The molecule has 1 aliphatic rings. The highest BCUT2D eigenvalue weighted by molar-refractivity contribution is 6.37. The summed E-state index contributed by atoms with van der Waals surface area (Å²) in [4.78, 5) is 25.6. The highest BCUT2D eigenvalue weighted by Crippen LogP contribution is 2.30. The summed E-state index contributed by atoms with van der Waals surface area (Å²) in [6.45, 7) is -0.0556. The lowest BCUT2D eigenvalue weighted by atomic mass is 10.00. The summed E-state index contributed by atoms with van der Waals surface area (Å²) in [5.41, 5.74) is 6.59. The van der Waals surface area contributed by atoms with E-state index in [1.807, 2.05) is 0 Å². The Labute approximate surface area is 85.5 Å². The molecule has 1 saturated heterocycles. The molecule has 0 bridgehead atoms. The largest absolute Gasteiger partial charge is 0.361 e. The first kappa shape index (κ1) is 11.7. The molecule has 1 atom stereocenters. The summed E-state index contributed by atoms with van der Waals surface area (Å²) in [5.74, 6) is -1.37. The van der Waals surface area contributed by atoms with Crippen molar-refractivity contribution >= 4 is 17.8 Å². The third-order valence-electron chi connectivity index (χ3n) is 2.05. The van der Waals surface area contributed by atoms with Crippen molar-refractivity contribution in [2.24, 2.45) is 0 Å². The van der Waals surface area contributed by atoms with Gasteiger partial charge in [-0.15, -0.1) is 0 Å².